The van der Waals surface area contributed by atoms with E-state index >= 15 is 0 Å². The highest BCUT2D eigenvalue weighted by Crippen LogP contribution is 2.14. The van der Waals surface area contributed by atoms with Crippen molar-refractivity contribution < 1.29 is 0 Å². The molecule has 0 heteroatoms. The second kappa shape index (κ2) is 16.1. The van der Waals surface area contributed by atoms with E-state index in [2.05, 4.69) is 20.8 Å². The summed E-state index contributed by atoms with van der Waals surface area (Å²) in [5.74, 6) is 0.650. The van der Waals surface area contributed by atoms with Gasteiger partial charge in [0, 0.05) is 0 Å². The van der Waals surface area contributed by atoms with E-state index in [4.69, 9.17) is 0 Å². The number of rotatable bonds is 15. The maximum atomic E-state index is 4.04. The van der Waals surface area contributed by atoms with Crippen LogP contribution in [-0.2, 0) is 0 Å². The Labute approximate surface area is 123 Å². The van der Waals surface area contributed by atoms with Gasteiger partial charge in [-0.05, 0) is 5.92 Å². The van der Waals surface area contributed by atoms with Crippen molar-refractivity contribution in [1.82, 2.24) is 0 Å². The first kappa shape index (κ1) is 19.0. The van der Waals surface area contributed by atoms with Crippen LogP contribution in [-0.4, -0.2) is 0 Å². The second-order valence-electron chi connectivity index (χ2n) is 6.49. The maximum absolute atomic E-state index is 4.04. The van der Waals surface area contributed by atoms with E-state index in [0.29, 0.717) is 5.92 Å². The highest BCUT2D eigenvalue weighted by Gasteiger charge is 1.95. The molecule has 115 valence electrons. The quantitative estimate of drug-likeness (QED) is 0.272. The van der Waals surface area contributed by atoms with Gasteiger partial charge in [0.2, 0.25) is 0 Å². The summed E-state index contributed by atoms with van der Waals surface area (Å²) >= 11 is 0. The van der Waals surface area contributed by atoms with E-state index in [1.807, 2.05) is 0 Å². The van der Waals surface area contributed by atoms with Crippen LogP contribution >= 0.6 is 0 Å². The Morgan fingerprint density at radius 2 is 0.895 bits per heavy atom. The molecule has 0 saturated carbocycles. The van der Waals surface area contributed by atoms with Crippen molar-refractivity contribution in [2.45, 2.75) is 110 Å². The molecule has 0 aliphatic rings. The van der Waals surface area contributed by atoms with Crippen LogP contribution in [0.1, 0.15) is 110 Å². The van der Waals surface area contributed by atoms with Gasteiger partial charge < -0.3 is 0 Å². The van der Waals surface area contributed by atoms with Gasteiger partial charge in [0.05, 0.1) is 0 Å². The SMILES string of the molecule is [CH2]C(C)CCCCCCCCCCCCCCCC. The largest absolute Gasteiger partial charge is 0.0654 e. The van der Waals surface area contributed by atoms with Gasteiger partial charge in [-0.3, -0.25) is 0 Å². The monoisotopic (exact) mass is 267 g/mol. The molecule has 0 N–H and O–H groups in total. The predicted molar refractivity (Wildman–Crippen MR) is 89.5 cm³/mol. The van der Waals surface area contributed by atoms with Gasteiger partial charge in [-0.1, -0.05) is 117 Å². The summed E-state index contributed by atoms with van der Waals surface area (Å²) in [7, 11) is 0. The third-order valence-electron chi connectivity index (χ3n) is 4.05. The Morgan fingerprint density at radius 1 is 0.579 bits per heavy atom. The predicted octanol–water partition coefficient (Wildman–Crippen LogP) is 7.33. The van der Waals surface area contributed by atoms with Gasteiger partial charge in [-0.25, -0.2) is 0 Å². The van der Waals surface area contributed by atoms with Crippen LogP contribution in [0.15, 0.2) is 0 Å². The van der Waals surface area contributed by atoms with Crippen LogP contribution in [0.3, 0.4) is 0 Å². The van der Waals surface area contributed by atoms with E-state index in [-0.39, 0.29) is 0 Å². The van der Waals surface area contributed by atoms with Crippen LogP contribution < -0.4 is 0 Å². The van der Waals surface area contributed by atoms with Crippen molar-refractivity contribution >= 4 is 0 Å². The molecular formula is C19H39. The molecular weight excluding hydrogens is 228 g/mol. The molecule has 0 heterocycles. The fourth-order valence-electron chi connectivity index (χ4n) is 2.69. The fraction of sp³-hybridized carbons (Fsp3) is 0.947. The van der Waals surface area contributed by atoms with Gasteiger partial charge >= 0.3 is 0 Å². The lowest BCUT2D eigenvalue weighted by Gasteiger charge is -2.04. The van der Waals surface area contributed by atoms with Crippen molar-refractivity contribution in [3.8, 4) is 0 Å². The topological polar surface area (TPSA) is 0 Å². The first-order chi connectivity index (χ1) is 9.27. The minimum absolute atomic E-state index is 0.650. The van der Waals surface area contributed by atoms with Gasteiger partial charge in [-0.2, -0.15) is 0 Å². The van der Waals surface area contributed by atoms with Crippen LogP contribution in [0.2, 0.25) is 0 Å². The van der Waals surface area contributed by atoms with Crippen molar-refractivity contribution in [3.05, 3.63) is 6.92 Å². The molecule has 0 nitrogen and oxygen atoms in total. The molecule has 0 aromatic carbocycles. The summed E-state index contributed by atoms with van der Waals surface area (Å²) in [5, 5.41) is 0. The molecule has 1 unspecified atom stereocenters. The third-order valence-corrected chi connectivity index (χ3v) is 4.05. The molecule has 0 fully saturated rings. The number of unbranched alkanes of at least 4 members (excludes halogenated alkanes) is 13. The van der Waals surface area contributed by atoms with E-state index in [0.717, 1.165) is 0 Å². The van der Waals surface area contributed by atoms with Crippen LogP contribution in [0, 0.1) is 12.8 Å². The maximum Gasteiger partial charge on any atom is -0.0443 e. The van der Waals surface area contributed by atoms with E-state index in [1.165, 1.54) is 96.3 Å². The molecule has 0 amide bonds. The van der Waals surface area contributed by atoms with Crippen LogP contribution in [0.5, 0.6) is 0 Å². The van der Waals surface area contributed by atoms with Gasteiger partial charge in [0.25, 0.3) is 0 Å². The highest BCUT2D eigenvalue weighted by molar-refractivity contribution is 4.54. The molecule has 0 aliphatic heterocycles. The van der Waals surface area contributed by atoms with Crippen molar-refractivity contribution in [2.24, 2.45) is 5.92 Å². The summed E-state index contributed by atoms with van der Waals surface area (Å²) in [4.78, 5) is 0. The summed E-state index contributed by atoms with van der Waals surface area (Å²) in [6, 6.07) is 0. The highest BCUT2D eigenvalue weighted by atomic mass is 14.0. The van der Waals surface area contributed by atoms with Crippen LogP contribution in [0.4, 0.5) is 0 Å². The van der Waals surface area contributed by atoms with Gasteiger partial charge in [-0.15, -0.1) is 0 Å². The average molecular weight is 268 g/mol. The number of hydrogen-bond acceptors (Lipinski definition) is 0. The van der Waals surface area contributed by atoms with E-state index in [9.17, 15) is 0 Å². The lowest BCUT2D eigenvalue weighted by Crippen LogP contribution is -1.87. The molecule has 1 atom stereocenters. The molecule has 0 rings (SSSR count). The third kappa shape index (κ3) is 18.0. The lowest BCUT2D eigenvalue weighted by atomic mass is 10.0. The Balaban J connectivity index is 2.91. The molecule has 0 aromatic rings. The average Bonchev–Trinajstić information content (AvgIpc) is 2.39. The summed E-state index contributed by atoms with van der Waals surface area (Å²) in [6.45, 7) is 8.55. The van der Waals surface area contributed by atoms with Crippen LogP contribution in [0.25, 0.3) is 0 Å². The smallest absolute Gasteiger partial charge is 0.0443 e. The standard InChI is InChI=1S/C19H39/c1-4-5-6-7-8-9-10-11-12-13-14-15-16-17-18-19(2)3/h19H,2,4-18H2,1,3H3. The van der Waals surface area contributed by atoms with Crippen molar-refractivity contribution in [1.29, 1.82) is 0 Å². The molecule has 0 spiro atoms. The summed E-state index contributed by atoms with van der Waals surface area (Å²) in [6.07, 6.45) is 21.6. The van der Waals surface area contributed by atoms with Crippen molar-refractivity contribution in [2.75, 3.05) is 0 Å². The molecule has 1 radical (unpaired) electrons. The molecule has 0 bridgehead atoms. The summed E-state index contributed by atoms with van der Waals surface area (Å²) < 4.78 is 0. The first-order valence-corrected chi connectivity index (χ1v) is 9.10. The zero-order valence-electron chi connectivity index (χ0n) is 13.9. The molecule has 0 aliphatic carbocycles. The molecule has 0 aromatic heterocycles. The molecule has 0 saturated heterocycles. The fourth-order valence-corrected chi connectivity index (χ4v) is 2.69. The summed E-state index contributed by atoms with van der Waals surface area (Å²) in [5.41, 5.74) is 0. The zero-order chi connectivity index (χ0) is 14.2. The Hall–Kier alpha value is 0. The minimum Gasteiger partial charge on any atom is -0.0654 e. The Morgan fingerprint density at radius 3 is 1.21 bits per heavy atom. The van der Waals surface area contributed by atoms with Gasteiger partial charge in [0.15, 0.2) is 0 Å². The lowest BCUT2D eigenvalue weighted by molar-refractivity contribution is 0.518. The van der Waals surface area contributed by atoms with Gasteiger partial charge in [0.1, 0.15) is 0 Å². The minimum atomic E-state index is 0.650. The molecule has 19 heavy (non-hydrogen) atoms. The second-order valence-corrected chi connectivity index (χ2v) is 6.49. The first-order valence-electron chi connectivity index (χ1n) is 9.10. The normalized spacial score (nSPS) is 11.4. The van der Waals surface area contributed by atoms with E-state index in [1.54, 1.807) is 0 Å². The Kier molecular flexibility index (Phi) is 16.1. The zero-order valence-corrected chi connectivity index (χ0v) is 13.9. The Bertz CT molecular complexity index is 148. The van der Waals surface area contributed by atoms with E-state index < -0.39 is 0 Å². The van der Waals surface area contributed by atoms with Crippen molar-refractivity contribution in [3.63, 3.8) is 0 Å². The number of hydrogen-bond donors (Lipinski definition) is 0.